The van der Waals surface area contributed by atoms with E-state index in [0.717, 1.165) is 4.88 Å². The van der Waals surface area contributed by atoms with Crippen LogP contribution in [0.4, 0.5) is 0 Å². The van der Waals surface area contributed by atoms with E-state index in [2.05, 4.69) is 11.8 Å². The molecule has 0 aliphatic carbocycles. The minimum absolute atomic E-state index is 0.0114. The first-order chi connectivity index (χ1) is 9.60. The van der Waals surface area contributed by atoms with Gasteiger partial charge in [-0.2, -0.15) is 0 Å². The predicted octanol–water partition coefficient (Wildman–Crippen LogP) is 1.98. The first-order valence-corrected chi connectivity index (χ1v) is 7.41. The highest BCUT2D eigenvalue weighted by Crippen LogP contribution is 2.18. The molecule has 1 aromatic heterocycles. The molecule has 0 saturated carbocycles. The molecule has 110 valence electrons. The smallest absolute Gasteiger partial charge is 0.264 e. The van der Waals surface area contributed by atoms with Gasteiger partial charge in [-0.15, -0.1) is 11.3 Å². The van der Waals surface area contributed by atoms with Crippen LogP contribution in [-0.2, 0) is 4.74 Å². The van der Waals surface area contributed by atoms with Crippen LogP contribution in [0.1, 0.15) is 34.8 Å². The van der Waals surface area contributed by atoms with Crippen molar-refractivity contribution in [2.24, 2.45) is 0 Å². The van der Waals surface area contributed by atoms with Crippen molar-refractivity contribution in [1.29, 1.82) is 0 Å². The Morgan fingerprint density at radius 1 is 1.50 bits per heavy atom. The van der Waals surface area contributed by atoms with Gasteiger partial charge in [-0.05, 0) is 26.0 Å². The Labute approximate surface area is 124 Å². The molecule has 0 aromatic carbocycles. The zero-order chi connectivity index (χ0) is 15.0. The van der Waals surface area contributed by atoms with E-state index in [1.807, 2.05) is 19.9 Å². The van der Waals surface area contributed by atoms with E-state index in [4.69, 9.17) is 9.84 Å². The second kappa shape index (κ2) is 8.75. The number of hydrogen-bond acceptors (Lipinski definition) is 4. The molecule has 0 saturated heterocycles. The maximum absolute atomic E-state index is 12.4. The van der Waals surface area contributed by atoms with Gasteiger partial charge >= 0.3 is 0 Å². The van der Waals surface area contributed by atoms with Gasteiger partial charge in [-0.3, -0.25) is 4.79 Å². The van der Waals surface area contributed by atoms with Gasteiger partial charge in [0, 0.05) is 26.1 Å². The minimum Gasteiger partial charge on any atom is -0.395 e. The molecule has 0 spiro atoms. The van der Waals surface area contributed by atoms with Crippen LogP contribution < -0.4 is 0 Å². The van der Waals surface area contributed by atoms with Gasteiger partial charge in [0.2, 0.25) is 0 Å². The third-order valence-corrected chi connectivity index (χ3v) is 3.67. The van der Waals surface area contributed by atoms with Crippen LogP contribution in [0, 0.1) is 11.8 Å². The molecule has 4 nitrogen and oxygen atoms in total. The highest BCUT2D eigenvalue weighted by atomic mass is 32.1. The van der Waals surface area contributed by atoms with E-state index in [1.54, 1.807) is 18.1 Å². The molecule has 1 heterocycles. The summed E-state index contributed by atoms with van der Waals surface area (Å²) in [6.07, 6.45) is 0.452. The maximum atomic E-state index is 12.4. The molecule has 1 aromatic rings. The Bertz CT molecular complexity index is 485. The molecule has 0 fully saturated rings. The predicted molar refractivity (Wildman–Crippen MR) is 80.9 cm³/mol. The van der Waals surface area contributed by atoms with Crippen molar-refractivity contribution < 1.29 is 14.6 Å². The average molecular weight is 295 g/mol. The molecule has 1 rings (SSSR count). The van der Waals surface area contributed by atoms with Crippen molar-refractivity contribution in [2.45, 2.75) is 26.3 Å². The summed E-state index contributed by atoms with van der Waals surface area (Å²) in [5.74, 6) is 5.81. The zero-order valence-electron chi connectivity index (χ0n) is 12.2. The summed E-state index contributed by atoms with van der Waals surface area (Å²) in [5.41, 5.74) is 0. The number of ether oxygens (including phenoxy) is 1. The van der Waals surface area contributed by atoms with E-state index in [1.165, 1.54) is 11.3 Å². The topological polar surface area (TPSA) is 49.8 Å². The van der Waals surface area contributed by atoms with E-state index in [0.29, 0.717) is 24.4 Å². The normalized spacial score (nSPS) is 10.2. The highest BCUT2D eigenvalue weighted by molar-refractivity contribution is 7.14. The fraction of sp³-hybridized carbons (Fsp3) is 0.533. The van der Waals surface area contributed by atoms with Gasteiger partial charge in [0.15, 0.2) is 0 Å². The molecular formula is C15H21NO3S. The number of methoxy groups -OCH3 is 1. The molecule has 1 N–H and O–H groups in total. The van der Waals surface area contributed by atoms with E-state index in [-0.39, 0.29) is 18.6 Å². The fourth-order valence-corrected chi connectivity index (χ4v) is 2.49. The quantitative estimate of drug-likeness (QED) is 0.816. The lowest BCUT2D eigenvalue weighted by Gasteiger charge is -2.25. The molecule has 0 unspecified atom stereocenters. The minimum atomic E-state index is 0.0114. The number of carbonyl (C=O) groups is 1. The second-order valence-corrected chi connectivity index (χ2v) is 5.61. The van der Waals surface area contributed by atoms with Crippen LogP contribution in [0.25, 0.3) is 0 Å². The number of rotatable bonds is 6. The van der Waals surface area contributed by atoms with Crippen molar-refractivity contribution in [3.05, 3.63) is 21.9 Å². The maximum Gasteiger partial charge on any atom is 0.264 e. The van der Waals surface area contributed by atoms with Crippen molar-refractivity contribution in [1.82, 2.24) is 4.90 Å². The molecule has 0 bridgehead atoms. The Hall–Kier alpha value is -1.35. The summed E-state index contributed by atoms with van der Waals surface area (Å²) in [5, 5.41) is 8.68. The summed E-state index contributed by atoms with van der Waals surface area (Å²) in [7, 11) is 1.63. The van der Waals surface area contributed by atoms with Gasteiger partial charge in [0.1, 0.15) is 0 Å². The Morgan fingerprint density at radius 3 is 2.85 bits per heavy atom. The highest BCUT2D eigenvalue weighted by Gasteiger charge is 2.19. The molecule has 1 amide bonds. The number of amides is 1. The molecule has 0 radical (unpaired) electrons. The summed E-state index contributed by atoms with van der Waals surface area (Å²) < 4.78 is 5.04. The van der Waals surface area contributed by atoms with Crippen LogP contribution in [-0.4, -0.2) is 48.8 Å². The lowest BCUT2D eigenvalue weighted by atomic mass is 10.3. The van der Waals surface area contributed by atoms with Crippen molar-refractivity contribution in [2.75, 3.05) is 26.9 Å². The zero-order valence-corrected chi connectivity index (χ0v) is 13.0. The number of hydrogen-bond donors (Lipinski definition) is 1. The van der Waals surface area contributed by atoms with Crippen LogP contribution in [0.5, 0.6) is 0 Å². The summed E-state index contributed by atoms with van der Waals surface area (Å²) in [6.45, 7) is 5.14. The fourth-order valence-electron chi connectivity index (χ4n) is 1.65. The second-order valence-electron chi connectivity index (χ2n) is 4.52. The Balaban J connectivity index is 2.77. The monoisotopic (exact) mass is 295 g/mol. The number of aliphatic hydroxyl groups excluding tert-OH is 1. The SMILES string of the molecule is COCCN(C(=O)c1ccc(C#CCCO)s1)C(C)C. The molecule has 0 aliphatic rings. The summed E-state index contributed by atoms with van der Waals surface area (Å²) >= 11 is 1.38. The summed E-state index contributed by atoms with van der Waals surface area (Å²) in [4.78, 5) is 15.7. The molecule has 0 aliphatic heterocycles. The van der Waals surface area contributed by atoms with Crippen LogP contribution in [0.2, 0.25) is 0 Å². The van der Waals surface area contributed by atoms with E-state index >= 15 is 0 Å². The molecule has 0 atom stereocenters. The van der Waals surface area contributed by atoms with Crippen LogP contribution in [0.15, 0.2) is 12.1 Å². The van der Waals surface area contributed by atoms with Gasteiger partial charge in [-0.1, -0.05) is 11.8 Å². The van der Waals surface area contributed by atoms with Gasteiger partial charge in [0.25, 0.3) is 5.91 Å². The molecular weight excluding hydrogens is 274 g/mol. The van der Waals surface area contributed by atoms with Gasteiger partial charge < -0.3 is 14.7 Å². The largest absolute Gasteiger partial charge is 0.395 e. The van der Waals surface area contributed by atoms with Crippen molar-refractivity contribution >= 4 is 17.2 Å². The molecule has 5 heteroatoms. The third kappa shape index (κ3) is 4.97. The van der Waals surface area contributed by atoms with Gasteiger partial charge in [-0.25, -0.2) is 0 Å². The number of aliphatic hydroxyl groups is 1. The van der Waals surface area contributed by atoms with E-state index in [9.17, 15) is 4.79 Å². The lowest BCUT2D eigenvalue weighted by Crippen LogP contribution is -2.38. The van der Waals surface area contributed by atoms with Gasteiger partial charge in [0.05, 0.1) is 23.0 Å². The average Bonchev–Trinajstić information content (AvgIpc) is 2.87. The first-order valence-electron chi connectivity index (χ1n) is 6.59. The van der Waals surface area contributed by atoms with Crippen molar-refractivity contribution in [3.8, 4) is 11.8 Å². The molecule has 20 heavy (non-hydrogen) atoms. The number of carbonyl (C=O) groups excluding carboxylic acids is 1. The number of thiophene rings is 1. The standard InChI is InChI=1S/C15H21NO3S/c1-12(2)16(9-11-19-3)15(18)14-8-7-13(20-14)6-4-5-10-17/h7-8,12,17H,5,9-11H2,1-3H3. The van der Waals surface area contributed by atoms with Crippen LogP contribution in [0.3, 0.4) is 0 Å². The Kier molecular flexibility index (Phi) is 7.31. The first kappa shape index (κ1) is 16.7. The summed E-state index contributed by atoms with van der Waals surface area (Å²) in [6, 6.07) is 3.78. The Morgan fingerprint density at radius 2 is 2.25 bits per heavy atom. The number of nitrogens with zero attached hydrogens (tertiary/aromatic N) is 1. The van der Waals surface area contributed by atoms with Crippen molar-refractivity contribution in [3.63, 3.8) is 0 Å². The van der Waals surface area contributed by atoms with Crippen LogP contribution >= 0.6 is 11.3 Å². The van der Waals surface area contributed by atoms with E-state index < -0.39 is 0 Å². The lowest BCUT2D eigenvalue weighted by molar-refractivity contribution is 0.0640. The third-order valence-electron chi connectivity index (χ3n) is 2.69.